The first-order chi connectivity index (χ1) is 10.6. The number of benzene rings is 1. The van der Waals surface area contributed by atoms with E-state index < -0.39 is 5.97 Å². The van der Waals surface area contributed by atoms with E-state index in [0.29, 0.717) is 5.56 Å². The van der Waals surface area contributed by atoms with Gasteiger partial charge in [0.05, 0.1) is 11.7 Å². The van der Waals surface area contributed by atoms with E-state index in [0.717, 1.165) is 24.0 Å². The maximum atomic E-state index is 11.4. The second-order valence-corrected chi connectivity index (χ2v) is 5.05. The van der Waals surface area contributed by atoms with Crippen molar-refractivity contribution >= 4 is 11.8 Å². The highest BCUT2D eigenvalue weighted by molar-refractivity contribution is 5.99. The molecule has 0 spiro atoms. The Balaban J connectivity index is 2.12. The topological polar surface area (TPSA) is 125 Å². The minimum Gasteiger partial charge on any atom is -0.477 e. The normalized spacial score (nSPS) is 15.9. The van der Waals surface area contributed by atoms with Crippen LogP contribution in [0.3, 0.4) is 0 Å². The van der Waals surface area contributed by atoms with Crippen molar-refractivity contribution in [3.63, 3.8) is 0 Å². The predicted molar refractivity (Wildman–Crippen MR) is 78.7 cm³/mol. The lowest BCUT2D eigenvalue weighted by atomic mass is 10.00. The van der Waals surface area contributed by atoms with Gasteiger partial charge in [-0.3, -0.25) is 0 Å². The van der Waals surface area contributed by atoms with E-state index >= 15 is 0 Å². The van der Waals surface area contributed by atoms with Crippen LogP contribution in [0.4, 0.5) is 5.82 Å². The fourth-order valence-electron chi connectivity index (χ4n) is 2.81. The zero-order valence-corrected chi connectivity index (χ0v) is 11.6. The number of carboxylic acids is 1. The fraction of sp³-hybridized carbons (Fsp3) is 0.200. The van der Waals surface area contributed by atoms with Gasteiger partial charge in [-0.15, -0.1) is 0 Å². The zero-order valence-electron chi connectivity index (χ0n) is 11.6. The monoisotopic (exact) mass is 295 g/mol. The van der Waals surface area contributed by atoms with Gasteiger partial charge in [0.2, 0.25) is 0 Å². The van der Waals surface area contributed by atoms with E-state index in [9.17, 15) is 9.90 Å². The molecule has 110 valence electrons. The summed E-state index contributed by atoms with van der Waals surface area (Å²) in [6.45, 7) is 0. The lowest BCUT2D eigenvalue weighted by Gasteiger charge is -2.12. The van der Waals surface area contributed by atoms with Crippen molar-refractivity contribution < 1.29 is 9.90 Å². The van der Waals surface area contributed by atoms with Crippen LogP contribution >= 0.6 is 0 Å². The Morgan fingerprint density at radius 2 is 2.27 bits per heavy atom. The van der Waals surface area contributed by atoms with Crippen LogP contribution in [0, 0.1) is 11.5 Å². The van der Waals surface area contributed by atoms with Crippen LogP contribution in [0.5, 0.6) is 0 Å². The van der Waals surface area contributed by atoms with Gasteiger partial charge in [0.1, 0.15) is 17.7 Å². The van der Waals surface area contributed by atoms with Gasteiger partial charge in [0.25, 0.3) is 0 Å². The number of nitriles is 1. The van der Waals surface area contributed by atoms with Crippen LogP contribution < -0.4 is 11.1 Å². The Bertz CT molecular complexity index is 797. The van der Waals surface area contributed by atoms with Crippen LogP contribution in [-0.2, 0) is 6.42 Å². The van der Waals surface area contributed by atoms with Crippen LogP contribution in [0.1, 0.15) is 33.9 Å². The highest BCUT2D eigenvalue weighted by atomic mass is 16.4. The van der Waals surface area contributed by atoms with Gasteiger partial charge >= 0.3 is 5.97 Å². The molecular formula is C15H13N5O2. The Hall–Kier alpha value is -3.14. The molecule has 0 saturated carbocycles. The first kappa shape index (κ1) is 13.8. The average Bonchev–Trinajstić information content (AvgIpc) is 2.89. The van der Waals surface area contributed by atoms with E-state index in [1.807, 2.05) is 24.4 Å². The van der Waals surface area contributed by atoms with E-state index in [1.54, 1.807) is 0 Å². The number of carbonyl (C=O) groups is 1. The smallest absolute Gasteiger partial charge is 0.341 e. The highest BCUT2D eigenvalue weighted by Crippen LogP contribution is 2.35. The molecule has 1 atom stereocenters. The molecular weight excluding hydrogens is 282 g/mol. The summed E-state index contributed by atoms with van der Waals surface area (Å²) in [6.07, 6.45) is 4.92. The van der Waals surface area contributed by atoms with Gasteiger partial charge in [-0.2, -0.15) is 5.26 Å². The quantitative estimate of drug-likeness (QED) is 0.578. The molecule has 1 aliphatic rings. The van der Waals surface area contributed by atoms with Crippen LogP contribution in [0.15, 0.2) is 24.5 Å². The number of carboxylic acid groups (broad SMARTS) is 1. The van der Waals surface area contributed by atoms with Crippen molar-refractivity contribution in [3.05, 3.63) is 41.2 Å². The minimum absolute atomic E-state index is 0.0487. The molecule has 0 unspecified atom stereocenters. The number of hydrogen-bond acceptors (Lipinski definition) is 6. The van der Waals surface area contributed by atoms with Crippen LogP contribution in [-0.4, -0.2) is 21.0 Å². The van der Waals surface area contributed by atoms with Crippen molar-refractivity contribution in [1.82, 2.24) is 15.3 Å². The lowest BCUT2D eigenvalue weighted by molar-refractivity contribution is 0.0698. The number of nitrogens with zero attached hydrogens (tertiary/aromatic N) is 3. The third kappa shape index (κ3) is 2.20. The summed E-state index contributed by atoms with van der Waals surface area (Å²) in [4.78, 5) is 19.2. The summed E-state index contributed by atoms with van der Waals surface area (Å²) in [5.41, 5.74) is 8.63. The number of anilines is 1. The summed E-state index contributed by atoms with van der Waals surface area (Å²) in [6, 6.07) is 5.58. The minimum atomic E-state index is -1.17. The number of nitrogens with two attached hydrogens (primary N) is 1. The number of fused-ring (bicyclic) bond motifs is 1. The molecule has 0 fully saturated rings. The molecule has 0 amide bonds. The fourth-order valence-corrected chi connectivity index (χ4v) is 2.81. The summed E-state index contributed by atoms with van der Waals surface area (Å²) >= 11 is 0. The third-order valence-electron chi connectivity index (χ3n) is 3.83. The van der Waals surface area contributed by atoms with Gasteiger partial charge < -0.3 is 16.2 Å². The number of rotatable bonds is 3. The largest absolute Gasteiger partial charge is 0.477 e. The molecule has 7 nitrogen and oxygen atoms in total. The molecule has 22 heavy (non-hydrogen) atoms. The first-order valence-electron chi connectivity index (χ1n) is 6.73. The summed E-state index contributed by atoms with van der Waals surface area (Å²) in [5, 5.41) is 20.9. The second kappa shape index (κ2) is 5.33. The van der Waals surface area contributed by atoms with Gasteiger partial charge in [-0.25, -0.2) is 14.8 Å². The number of aryl methyl sites for hydroxylation is 1. The van der Waals surface area contributed by atoms with Crippen molar-refractivity contribution in [2.45, 2.75) is 18.9 Å². The van der Waals surface area contributed by atoms with E-state index in [1.165, 1.54) is 6.33 Å². The number of nitrogen functional groups attached to an aromatic ring is 1. The third-order valence-corrected chi connectivity index (χ3v) is 3.83. The molecule has 1 aromatic heterocycles. The Kier molecular flexibility index (Phi) is 3.35. The number of hydrogen-bond donors (Lipinski definition) is 3. The van der Waals surface area contributed by atoms with Gasteiger partial charge in [0, 0.05) is 5.56 Å². The lowest BCUT2D eigenvalue weighted by Crippen LogP contribution is -2.12. The molecule has 3 rings (SSSR count). The first-order valence-corrected chi connectivity index (χ1v) is 6.73. The standard InChI is InChI=1S/C15H13N5O2/c16-6-18-11-4-3-8-1-2-9(5-10(8)11)13-12(15(21)22)14(17)20-7-19-13/h1-2,5,7,11,18H,3-4H2,(H,21,22)(H2,17,19,20)/t11-/m0/s1. The van der Waals surface area contributed by atoms with Crippen molar-refractivity contribution in [3.8, 4) is 17.5 Å². The van der Waals surface area contributed by atoms with Crippen molar-refractivity contribution in [2.24, 2.45) is 0 Å². The molecule has 0 bridgehead atoms. The number of aromatic carboxylic acids is 1. The highest BCUT2D eigenvalue weighted by Gasteiger charge is 2.24. The Morgan fingerprint density at radius 3 is 3.00 bits per heavy atom. The summed E-state index contributed by atoms with van der Waals surface area (Å²) < 4.78 is 0. The molecule has 0 saturated heterocycles. The molecule has 1 heterocycles. The zero-order chi connectivity index (χ0) is 15.7. The molecule has 1 aromatic carbocycles. The van der Waals surface area contributed by atoms with Gasteiger partial charge in [-0.1, -0.05) is 12.1 Å². The van der Waals surface area contributed by atoms with Gasteiger partial charge in [0.15, 0.2) is 6.19 Å². The molecule has 2 aromatic rings. The van der Waals surface area contributed by atoms with E-state index in [4.69, 9.17) is 11.0 Å². The summed E-state index contributed by atoms with van der Waals surface area (Å²) in [5.74, 6) is -1.23. The van der Waals surface area contributed by atoms with E-state index in [2.05, 4.69) is 15.3 Å². The van der Waals surface area contributed by atoms with Crippen LogP contribution in [0.25, 0.3) is 11.3 Å². The van der Waals surface area contributed by atoms with Crippen molar-refractivity contribution in [1.29, 1.82) is 5.26 Å². The van der Waals surface area contributed by atoms with Gasteiger partial charge in [-0.05, 0) is 30.0 Å². The second-order valence-electron chi connectivity index (χ2n) is 5.05. The molecule has 4 N–H and O–H groups in total. The van der Waals surface area contributed by atoms with Crippen molar-refractivity contribution in [2.75, 3.05) is 5.73 Å². The molecule has 0 aliphatic heterocycles. The molecule has 7 heteroatoms. The Labute approximate surface area is 126 Å². The van der Waals surface area contributed by atoms with E-state index in [-0.39, 0.29) is 23.1 Å². The SMILES string of the molecule is N#CN[C@H]1CCc2ccc(-c3ncnc(N)c3C(=O)O)cc21. The Morgan fingerprint density at radius 1 is 1.45 bits per heavy atom. The molecule has 0 radical (unpaired) electrons. The summed E-state index contributed by atoms with van der Waals surface area (Å²) in [7, 11) is 0. The number of nitrogens with one attached hydrogen (secondary N) is 1. The maximum Gasteiger partial charge on any atom is 0.341 e. The predicted octanol–water partition coefficient (Wildman–Crippen LogP) is 1.48. The maximum absolute atomic E-state index is 11.4. The average molecular weight is 295 g/mol. The van der Waals surface area contributed by atoms with Crippen LogP contribution in [0.2, 0.25) is 0 Å². The number of aromatic nitrogens is 2. The molecule has 1 aliphatic carbocycles.